The largest absolute Gasteiger partial charge is 1.00 e. The number of carbonyl (C=O) groups excluding carboxylic acids is 1. The molecule has 5 nitrogen and oxygen atoms in total. The van der Waals surface area contributed by atoms with Gasteiger partial charge in [0.1, 0.15) is 0 Å². The molecule has 0 N–H and O–H groups in total. The Morgan fingerprint density at radius 3 is 2.64 bits per heavy atom. The number of hydrogen-bond donors (Lipinski definition) is 0. The minimum Gasteiger partial charge on any atom is -0.872 e. The van der Waals surface area contributed by atoms with Crippen LogP contribution in [-0.4, -0.2) is 11.1 Å². The van der Waals surface area contributed by atoms with Gasteiger partial charge in [0, 0.05) is 22.6 Å². The number of unbranched alkanes of at least 4 members (excludes halogenated alkanes) is 1. The second kappa shape index (κ2) is 10.7. The second-order valence-corrected chi connectivity index (χ2v) is 4.84. The van der Waals surface area contributed by atoms with Crippen LogP contribution in [0.5, 0.6) is 5.75 Å². The average Bonchev–Trinajstić information content (AvgIpc) is 2.86. The van der Waals surface area contributed by atoms with Crippen molar-refractivity contribution >= 4 is 17.6 Å². The van der Waals surface area contributed by atoms with E-state index in [0.717, 1.165) is 0 Å². The second-order valence-electron chi connectivity index (χ2n) is 4.40. The molecule has 0 radical (unpaired) electrons. The van der Waals surface area contributed by atoms with Crippen LogP contribution in [0.2, 0.25) is 5.02 Å². The van der Waals surface area contributed by atoms with Crippen LogP contribution in [0.4, 0.5) is 0 Å². The molecule has 2 rings (SSSR count). The number of halogens is 1. The number of carboxylic acid groups (broad SMARTS) is 1. The Kier molecular flexibility index (Phi) is 10.7. The third-order valence-electron chi connectivity index (χ3n) is 2.83. The Morgan fingerprint density at radius 2 is 1.95 bits per heavy atom. The summed E-state index contributed by atoms with van der Waals surface area (Å²) in [5.41, 5.74) is 1.05. The van der Waals surface area contributed by atoms with Gasteiger partial charge in [-0.2, -0.15) is 0 Å². The maximum atomic E-state index is 11.7. The van der Waals surface area contributed by atoms with E-state index in [-0.39, 0.29) is 71.3 Å². The van der Waals surface area contributed by atoms with Gasteiger partial charge in [-0.25, -0.2) is 0 Å². The van der Waals surface area contributed by atoms with Crippen LogP contribution < -0.4 is 69.3 Å². The number of aryl methyl sites for hydroxylation is 1. The van der Waals surface area contributed by atoms with Gasteiger partial charge in [0.05, 0.1) is 5.69 Å². The minimum absolute atomic E-state index is 0. The van der Waals surface area contributed by atoms with E-state index in [0.29, 0.717) is 41.3 Å². The molecule has 22 heavy (non-hydrogen) atoms. The van der Waals surface area contributed by atoms with Gasteiger partial charge >= 0.3 is 59.1 Å². The van der Waals surface area contributed by atoms with Crippen molar-refractivity contribution in [2.75, 3.05) is 0 Å². The molecule has 0 aliphatic rings. The normalized spacial score (nSPS) is 9.68. The molecule has 0 atom stereocenters. The van der Waals surface area contributed by atoms with Crippen LogP contribution in [0, 0.1) is 0 Å². The van der Waals surface area contributed by atoms with Gasteiger partial charge < -0.3 is 19.5 Å². The van der Waals surface area contributed by atoms with Crippen LogP contribution in [0.3, 0.4) is 0 Å². The quantitative estimate of drug-likeness (QED) is 0.391. The summed E-state index contributed by atoms with van der Waals surface area (Å²) in [7, 11) is 0. The van der Waals surface area contributed by atoms with Crippen LogP contribution in [0.25, 0.3) is 11.3 Å². The first kappa shape index (κ1) is 22.0. The minimum atomic E-state index is -1.05. The molecule has 0 bridgehead atoms. The van der Waals surface area contributed by atoms with E-state index in [2.05, 4.69) is 5.16 Å². The molecule has 0 aliphatic heterocycles. The van der Waals surface area contributed by atoms with Gasteiger partial charge in [-0.05, 0) is 37.8 Å². The standard InChI is InChI=1S/C14H14ClNO4.2Na/c15-9-5-6-12(17)11(7-9)13-8-10(16-20-13)3-1-2-4-14(18)19;;/h5-8,17H,1-4H2,(H,18,19);;/q;2*+1/p-2. The molecule has 0 fully saturated rings. The summed E-state index contributed by atoms with van der Waals surface area (Å²) < 4.78 is 5.13. The molecule has 0 amide bonds. The van der Waals surface area contributed by atoms with E-state index in [1.165, 1.54) is 18.2 Å². The smallest absolute Gasteiger partial charge is 0.872 e. The zero-order valence-corrected chi connectivity index (χ0v) is 17.4. The summed E-state index contributed by atoms with van der Waals surface area (Å²) in [5.74, 6) is -0.873. The van der Waals surface area contributed by atoms with Gasteiger partial charge in [-0.1, -0.05) is 28.6 Å². The molecule has 0 unspecified atom stereocenters. The topological polar surface area (TPSA) is 89.2 Å². The fraction of sp³-hybridized carbons (Fsp3) is 0.286. The van der Waals surface area contributed by atoms with E-state index < -0.39 is 5.97 Å². The predicted octanol–water partition coefficient (Wildman–Crippen LogP) is -4.46. The summed E-state index contributed by atoms with van der Waals surface area (Å²) in [4.78, 5) is 10.3. The maximum Gasteiger partial charge on any atom is 1.00 e. The molecule has 0 aliphatic carbocycles. The van der Waals surface area contributed by atoms with Gasteiger partial charge in [-0.3, -0.25) is 0 Å². The van der Waals surface area contributed by atoms with Gasteiger partial charge in [0.15, 0.2) is 5.76 Å². The Labute approximate surface area is 177 Å². The third-order valence-corrected chi connectivity index (χ3v) is 3.06. The fourth-order valence-corrected chi connectivity index (χ4v) is 2.00. The molecule has 0 saturated heterocycles. The number of benzene rings is 1. The molecule has 0 saturated carbocycles. The number of nitrogens with zero attached hydrogens (tertiary/aromatic N) is 1. The van der Waals surface area contributed by atoms with Crippen LogP contribution >= 0.6 is 11.6 Å². The van der Waals surface area contributed by atoms with Crippen molar-refractivity contribution in [2.24, 2.45) is 0 Å². The molecule has 0 spiro atoms. The molecule has 106 valence electrons. The van der Waals surface area contributed by atoms with Crippen molar-refractivity contribution in [3.8, 4) is 17.1 Å². The number of hydrogen-bond acceptors (Lipinski definition) is 5. The molecule has 1 aromatic carbocycles. The van der Waals surface area contributed by atoms with E-state index >= 15 is 0 Å². The summed E-state index contributed by atoms with van der Waals surface area (Å²) in [6.07, 6.45) is 1.81. The first-order valence-corrected chi connectivity index (χ1v) is 6.56. The number of rotatable bonds is 6. The summed E-state index contributed by atoms with van der Waals surface area (Å²) in [5, 5.41) is 26.3. The number of carboxylic acids is 1. The monoisotopic (exact) mass is 339 g/mol. The predicted molar refractivity (Wildman–Crippen MR) is 69.0 cm³/mol. The van der Waals surface area contributed by atoms with Gasteiger partial charge in [-0.15, -0.1) is 0 Å². The van der Waals surface area contributed by atoms with Crippen molar-refractivity contribution < 1.29 is 78.6 Å². The Bertz CT molecular complexity index is 619. The summed E-state index contributed by atoms with van der Waals surface area (Å²) >= 11 is 5.84. The molecular formula is C14H12ClNNa2O4. The van der Waals surface area contributed by atoms with Crippen molar-refractivity contribution in [1.82, 2.24) is 5.16 Å². The Morgan fingerprint density at radius 1 is 1.23 bits per heavy atom. The van der Waals surface area contributed by atoms with E-state index in [9.17, 15) is 15.0 Å². The zero-order chi connectivity index (χ0) is 14.5. The molecule has 1 heterocycles. The average molecular weight is 340 g/mol. The molecule has 1 aromatic heterocycles. The van der Waals surface area contributed by atoms with E-state index in [1.54, 1.807) is 6.07 Å². The maximum absolute atomic E-state index is 11.7. The van der Waals surface area contributed by atoms with E-state index in [4.69, 9.17) is 16.1 Å². The number of carbonyl (C=O) groups is 1. The van der Waals surface area contributed by atoms with E-state index in [1.807, 2.05) is 0 Å². The van der Waals surface area contributed by atoms with Crippen molar-refractivity contribution in [3.63, 3.8) is 0 Å². The molecule has 2 aromatic rings. The van der Waals surface area contributed by atoms with Crippen molar-refractivity contribution in [1.29, 1.82) is 0 Å². The zero-order valence-electron chi connectivity index (χ0n) is 12.6. The van der Waals surface area contributed by atoms with Gasteiger partial charge in [0.2, 0.25) is 0 Å². The Balaban J connectivity index is 0.00000220. The third kappa shape index (κ3) is 6.62. The van der Waals surface area contributed by atoms with Crippen LogP contribution in [0.15, 0.2) is 28.8 Å². The first-order chi connectivity index (χ1) is 9.56. The van der Waals surface area contributed by atoms with Crippen LogP contribution in [0.1, 0.15) is 25.0 Å². The fourth-order valence-electron chi connectivity index (χ4n) is 1.83. The number of aliphatic carboxylic acids is 1. The SMILES string of the molecule is O=C([O-])CCCCc1cc(-c2cc(Cl)ccc2[O-])on1.[Na+].[Na+]. The molecular weight excluding hydrogens is 328 g/mol. The van der Waals surface area contributed by atoms with Crippen molar-refractivity contribution in [3.05, 3.63) is 35.0 Å². The first-order valence-electron chi connectivity index (χ1n) is 6.18. The number of aromatic nitrogens is 1. The van der Waals surface area contributed by atoms with Crippen molar-refractivity contribution in [2.45, 2.75) is 25.7 Å². The summed E-state index contributed by atoms with van der Waals surface area (Å²) in [6, 6.07) is 6.10. The van der Waals surface area contributed by atoms with Crippen LogP contribution in [-0.2, 0) is 11.2 Å². The Hall–Kier alpha value is -0.01000. The summed E-state index contributed by atoms with van der Waals surface area (Å²) in [6.45, 7) is 0. The van der Waals surface area contributed by atoms with Gasteiger partial charge in [0.25, 0.3) is 0 Å². The molecule has 8 heteroatoms.